The number of benzene rings is 1. The Kier molecular flexibility index (Phi) is 5.97. The van der Waals surface area contributed by atoms with E-state index < -0.39 is 0 Å². The average molecular weight is 238 g/mol. The van der Waals surface area contributed by atoms with Crippen LogP contribution in [0, 0.1) is 0 Å². The predicted octanol–water partition coefficient (Wildman–Crippen LogP) is 2.01. The van der Waals surface area contributed by atoms with Gasteiger partial charge < -0.3 is 9.47 Å². The highest BCUT2D eigenvalue weighted by molar-refractivity contribution is 5.36. The quantitative estimate of drug-likeness (QED) is 0.563. The van der Waals surface area contributed by atoms with Crippen LogP contribution in [0.2, 0.25) is 0 Å². The van der Waals surface area contributed by atoms with Crippen molar-refractivity contribution in [3.8, 4) is 5.75 Å². The molecular weight excluding hydrogens is 216 g/mol. The molecule has 1 rings (SSSR count). The zero-order valence-corrected chi connectivity index (χ0v) is 10.8. The van der Waals surface area contributed by atoms with Crippen LogP contribution in [-0.2, 0) is 4.74 Å². The van der Waals surface area contributed by atoms with Crippen molar-refractivity contribution in [1.82, 2.24) is 5.43 Å². The maximum atomic E-state index is 5.65. The van der Waals surface area contributed by atoms with Crippen LogP contribution in [0.5, 0.6) is 5.75 Å². The molecule has 96 valence electrons. The fourth-order valence-electron chi connectivity index (χ4n) is 2.03. The van der Waals surface area contributed by atoms with E-state index in [9.17, 15) is 0 Å². The van der Waals surface area contributed by atoms with Gasteiger partial charge in [-0.05, 0) is 12.5 Å². The van der Waals surface area contributed by atoms with Gasteiger partial charge in [0.05, 0.1) is 19.3 Å². The second-order valence-corrected chi connectivity index (χ2v) is 3.95. The van der Waals surface area contributed by atoms with Crippen molar-refractivity contribution < 1.29 is 9.47 Å². The normalized spacial score (nSPS) is 14.4. The summed E-state index contributed by atoms with van der Waals surface area (Å²) in [6.45, 7) is 2.13. The van der Waals surface area contributed by atoms with Gasteiger partial charge >= 0.3 is 0 Å². The number of para-hydroxylation sites is 1. The molecule has 1 aromatic rings. The highest BCUT2D eigenvalue weighted by Gasteiger charge is 2.23. The number of methoxy groups -OCH3 is 2. The van der Waals surface area contributed by atoms with E-state index >= 15 is 0 Å². The number of hydrogen-bond donors (Lipinski definition) is 2. The van der Waals surface area contributed by atoms with E-state index in [-0.39, 0.29) is 12.1 Å². The Balaban J connectivity index is 2.98. The molecule has 0 saturated heterocycles. The van der Waals surface area contributed by atoms with Gasteiger partial charge in [0.25, 0.3) is 0 Å². The number of nitrogens with one attached hydrogen (secondary N) is 1. The van der Waals surface area contributed by atoms with E-state index in [2.05, 4.69) is 12.3 Å². The van der Waals surface area contributed by atoms with Crippen molar-refractivity contribution in [3.63, 3.8) is 0 Å². The molecule has 0 aliphatic heterocycles. The SMILES string of the molecule is CCCC(OC)C(NN)c1ccccc1OC. The molecule has 0 amide bonds. The van der Waals surface area contributed by atoms with Crippen molar-refractivity contribution in [3.05, 3.63) is 29.8 Å². The summed E-state index contributed by atoms with van der Waals surface area (Å²) in [6, 6.07) is 7.79. The summed E-state index contributed by atoms with van der Waals surface area (Å²) < 4.78 is 10.8. The third kappa shape index (κ3) is 3.43. The summed E-state index contributed by atoms with van der Waals surface area (Å²) in [5, 5.41) is 0. The lowest BCUT2D eigenvalue weighted by molar-refractivity contribution is 0.0598. The molecule has 0 spiro atoms. The van der Waals surface area contributed by atoms with Crippen LogP contribution in [0.15, 0.2) is 24.3 Å². The number of rotatable bonds is 7. The number of hydrazine groups is 1. The van der Waals surface area contributed by atoms with Crippen LogP contribution >= 0.6 is 0 Å². The maximum absolute atomic E-state index is 5.65. The monoisotopic (exact) mass is 238 g/mol. The lowest BCUT2D eigenvalue weighted by atomic mass is 9.98. The Labute approximate surface area is 103 Å². The Bertz CT molecular complexity index is 331. The Hall–Kier alpha value is -1.10. The van der Waals surface area contributed by atoms with Gasteiger partial charge in [-0.1, -0.05) is 31.5 Å². The van der Waals surface area contributed by atoms with Crippen LogP contribution in [0.4, 0.5) is 0 Å². The molecule has 0 radical (unpaired) electrons. The molecule has 2 unspecified atom stereocenters. The summed E-state index contributed by atoms with van der Waals surface area (Å²) in [5.74, 6) is 6.48. The zero-order valence-electron chi connectivity index (χ0n) is 10.8. The van der Waals surface area contributed by atoms with Crippen molar-refractivity contribution >= 4 is 0 Å². The molecular formula is C13H22N2O2. The molecule has 0 bridgehead atoms. The smallest absolute Gasteiger partial charge is 0.123 e. The minimum Gasteiger partial charge on any atom is -0.496 e. The van der Waals surface area contributed by atoms with Gasteiger partial charge in [-0.15, -0.1) is 0 Å². The van der Waals surface area contributed by atoms with Crippen molar-refractivity contribution in [2.75, 3.05) is 14.2 Å². The van der Waals surface area contributed by atoms with Crippen LogP contribution in [-0.4, -0.2) is 20.3 Å². The van der Waals surface area contributed by atoms with E-state index in [1.807, 2.05) is 24.3 Å². The first-order chi connectivity index (χ1) is 8.28. The molecule has 0 fully saturated rings. The van der Waals surface area contributed by atoms with Gasteiger partial charge in [0.1, 0.15) is 5.75 Å². The molecule has 17 heavy (non-hydrogen) atoms. The predicted molar refractivity (Wildman–Crippen MR) is 68.8 cm³/mol. The van der Waals surface area contributed by atoms with E-state index in [1.165, 1.54) is 0 Å². The number of nitrogens with two attached hydrogens (primary N) is 1. The molecule has 4 nitrogen and oxygen atoms in total. The number of ether oxygens (including phenoxy) is 2. The molecule has 0 heterocycles. The minimum atomic E-state index is -0.0592. The van der Waals surface area contributed by atoms with Crippen LogP contribution < -0.4 is 16.0 Å². The number of hydrogen-bond acceptors (Lipinski definition) is 4. The Morgan fingerprint density at radius 1 is 1.29 bits per heavy atom. The first-order valence-electron chi connectivity index (χ1n) is 5.90. The van der Waals surface area contributed by atoms with Crippen LogP contribution in [0.3, 0.4) is 0 Å². The van der Waals surface area contributed by atoms with E-state index in [1.54, 1.807) is 14.2 Å². The molecule has 0 saturated carbocycles. The van der Waals surface area contributed by atoms with Gasteiger partial charge in [0, 0.05) is 12.7 Å². The van der Waals surface area contributed by atoms with Gasteiger partial charge in [-0.25, -0.2) is 0 Å². The van der Waals surface area contributed by atoms with E-state index in [0.29, 0.717) is 0 Å². The van der Waals surface area contributed by atoms with Gasteiger partial charge in [-0.3, -0.25) is 11.3 Å². The highest BCUT2D eigenvalue weighted by atomic mass is 16.5. The van der Waals surface area contributed by atoms with Gasteiger partial charge in [0.15, 0.2) is 0 Å². The summed E-state index contributed by atoms with van der Waals surface area (Å²) >= 11 is 0. The molecule has 0 aromatic heterocycles. The van der Waals surface area contributed by atoms with Crippen molar-refractivity contribution in [1.29, 1.82) is 0 Å². The molecule has 0 aliphatic rings. The van der Waals surface area contributed by atoms with Crippen molar-refractivity contribution in [2.24, 2.45) is 5.84 Å². The third-order valence-electron chi connectivity index (χ3n) is 2.90. The lowest BCUT2D eigenvalue weighted by Crippen LogP contribution is -2.37. The molecule has 2 atom stereocenters. The molecule has 3 N–H and O–H groups in total. The van der Waals surface area contributed by atoms with Gasteiger partial charge in [-0.2, -0.15) is 0 Å². The van der Waals surface area contributed by atoms with Crippen molar-refractivity contribution in [2.45, 2.75) is 31.9 Å². The lowest BCUT2D eigenvalue weighted by Gasteiger charge is -2.26. The second-order valence-electron chi connectivity index (χ2n) is 3.95. The second kappa shape index (κ2) is 7.27. The van der Waals surface area contributed by atoms with E-state index in [4.69, 9.17) is 15.3 Å². The first-order valence-corrected chi connectivity index (χ1v) is 5.90. The summed E-state index contributed by atoms with van der Waals surface area (Å²) in [5.41, 5.74) is 3.85. The molecule has 0 aliphatic carbocycles. The largest absolute Gasteiger partial charge is 0.496 e. The minimum absolute atomic E-state index is 0.0429. The van der Waals surface area contributed by atoms with Crippen LogP contribution in [0.25, 0.3) is 0 Å². The molecule has 4 heteroatoms. The summed E-state index contributed by atoms with van der Waals surface area (Å²) in [4.78, 5) is 0. The summed E-state index contributed by atoms with van der Waals surface area (Å²) in [7, 11) is 3.37. The van der Waals surface area contributed by atoms with Crippen LogP contribution in [0.1, 0.15) is 31.4 Å². The fourth-order valence-corrected chi connectivity index (χ4v) is 2.03. The third-order valence-corrected chi connectivity index (χ3v) is 2.90. The summed E-state index contributed by atoms with van der Waals surface area (Å²) in [6.07, 6.45) is 2.04. The standard InChI is InChI=1S/C13H22N2O2/c1-4-7-12(17-3)13(15-14)10-8-5-6-9-11(10)16-2/h5-6,8-9,12-13,15H,4,7,14H2,1-3H3. The molecule has 1 aromatic carbocycles. The average Bonchev–Trinajstić information content (AvgIpc) is 2.39. The van der Waals surface area contributed by atoms with Gasteiger partial charge in [0.2, 0.25) is 0 Å². The topological polar surface area (TPSA) is 56.5 Å². The zero-order chi connectivity index (χ0) is 12.7. The first kappa shape index (κ1) is 14.0. The fraction of sp³-hybridized carbons (Fsp3) is 0.538. The Morgan fingerprint density at radius 2 is 2.00 bits per heavy atom. The highest BCUT2D eigenvalue weighted by Crippen LogP contribution is 2.29. The maximum Gasteiger partial charge on any atom is 0.123 e. The van der Waals surface area contributed by atoms with E-state index in [0.717, 1.165) is 24.2 Å². The Morgan fingerprint density at radius 3 is 2.53 bits per heavy atom.